The number of allylic oxidation sites excluding steroid dienone is 1. The minimum absolute atomic E-state index is 0.609. The summed E-state index contributed by atoms with van der Waals surface area (Å²) in [6.07, 6.45) is 1.82. The highest BCUT2D eigenvalue weighted by Crippen LogP contribution is 2.45. The molecule has 0 spiro atoms. The molecule has 0 saturated carbocycles. The molecule has 21 heavy (non-hydrogen) atoms. The molecule has 1 aromatic heterocycles. The van der Waals surface area contributed by atoms with E-state index in [0.717, 1.165) is 11.0 Å². The van der Waals surface area contributed by atoms with E-state index in [4.69, 9.17) is 4.74 Å². The van der Waals surface area contributed by atoms with Gasteiger partial charge < -0.3 is 9.30 Å². The van der Waals surface area contributed by atoms with Gasteiger partial charge in [0.05, 0.1) is 24.2 Å². The lowest BCUT2D eigenvalue weighted by Gasteiger charge is -2.31. The molecule has 112 valence electrons. The molecule has 3 rings (SSSR count). The second-order valence-corrected chi connectivity index (χ2v) is 7.97. The second kappa shape index (κ2) is 5.76. The van der Waals surface area contributed by atoms with Crippen LogP contribution in [0.15, 0.2) is 36.9 Å². The van der Waals surface area contributed by atoms with Gasteiger partial charge in [-0.25, -0.2) is 9.65 Å². The van der Waals surface area contributed by atoms with E-state index in [-0.39, 0.29) is 0 Å². The van der Waals surface area contributed by atoms with Crippen LogP contribution in [0.3, 0.4) is 0 Å². The fraction of sp³-hybridized carbons (Fsp3) is 0.400. The fourth-order valence-corrected chi connectivity index (χ4v) is 4.86. The van der Waals surface area contributed by atoms with E-state index >= 15 is 0 Å². The van der Waals surface area contributed by atoms with E-state index in [0.29, 0.717) is 38.4 Å². The van der Waals surface area contributed by atoms with Gasteiger partial charge in [0.1, 0.15) is 0 Å². The molecule has 2 heterocycles. The first-order chi connectivity index (χ1) is 10.1. The van der Waals surface area contributed by atoms with Gasteiger partial charge in [0.2, 0.25) is 7.29 Å². The van der Waals surface area contributed by atoms with E-state index in [2.05, 4.69) is 11.6 Å². The van der Waals surface area contributed by atoms with Crippen LogP contribution in [0.2, 0.25) is 0 Å². The highest BCUT2D eigenvalue weighted by Gasteiger charge is 2.33. The molecule has 1 aromatic carbocycles. The zero-order valence-corrected chi connectivity index (χ0v) is 13.1. The van der Waals surface area contributed by atoms with E-state index in [1.165, 1.54) is 0 Å². The molecule has 0 amide bonds. The topological polar surface area (TPSA) is 47.4 Å². The highest BCUT2D eigenvalue weighted by atomic mass is 31.2. The Balaban J connectivity index is 2.11. The molecular formula is C15H20N3O2P. The minimum Gasteiger partial charge on any atom is -0.379 e. The number of rotatable bonds is 4. The predicted molar refractivity (Wildman–Crippen MR) is 85.5 cm³/mol. The van der Waals surface area contributed by atoms with Crippen LogP contribution in [-0.2, 0) is 15.8 Å². The summed E-state index contributed by atoms with van der Waals surface area (Å²) >= 11 is 0. The highest BCUT2D eigenvalue weighted by molar-refractivity contribution is 7.68. The quantitative estimate of drug-likeness (QED) is 0.641. The number of nitrogens with zero attached hydrogens (tertiary/aromatic N) is 3. The first-order valence-corrected chi connectivity index (χ1v) is 9.22. The molecule has 5 nitrogen and oxygen atoms in total. The maximum Gasteiger partial charge on any atom is 0.210 e. The van der Waals surface area contributed by atoms with Gasteiger partial charge in [-0.3, -0.25) is 4.57 Å². The van der Waals surface area contributed by atoms with Gasteiger partial charge in [-0.1, -0.05) is 18.2 Å². The third-order valence-corrected chi connectivity index (χ3v) is 6.41. The Morgan fingerprint density at radius 3 is 2.81 bits per heavy atom. The van der Waals surface area contributed by atoms with Crippen molar-refractivity contribution in [2.45, 2.75) is 6.54 Å². The van der Waals surface area contributed by atoms with Crippen molar-refractivity contribution in [2.24, 2.45) is 0 Å². The van der Waals surface area contributed by atoms with Crippen molar-refractivity contribution in [2.75, 3.05) is 33.0 Å². The second-order valence-electron chi connectivity index (χ2n) is 5.24. The zero-order chi connectivity index (χ0) is 14.9. The smallest absolute Gasteiger partial charge is 0.210 e. The van der Waals surface area contributed by atoms with Crippen LogP contribution >= 0.6 is 7.29 Å². The number of hydrogen-bond donors (Lipinski definition) is 0. The molecule has 0 bridgehead atoms. The Hall–Kier alpha value is -1.42. The third kappa shape index (κ3) is 2.57. The fourth-order valence-electron chi connectivity index (χ4n) is 2.75. The van der Waals surface area contributed by atoms with Gasteiger partial charge in [0.15, 0.2) is 5.57 Å². The third-order valence-electron chi connectivity index (χ3n) is 3.84. The number of fused-ring (bicyclic) bond motifs is 1. The summed E-state index contributed by atoms with van der Waals surface area (Å²) in [7, 11) is -2.70. The first kappa shape index (κ1) is 14.5. The van der Waals surface area contributed by atoms with E-state index in [1.807, 2.05) is 39.6 Å². The number of benzene rings is 1. The number of hydrogen-bond acceptors (Lipinski definition) is 3. The SMILES string of the molecule is C=CCn1c(P(C)(=O)N2CCOCC2)nc2ccccc21. The lowest BCUT2D eigenvalue weighted by molar-refractivity contribution is 0.0728. The molecule has 1 fully saturated rings. The summed E-state index contributed by atoms with van der Waals surface area (Å²) in [5, 5.41) is 0. The molecule has 1 atom stereocenters. The molecule has 1 saturated heterocycles. The van der Waals surface area contributed by atoms with Crippen LogP contribution in [0.5, 0.6) is 0 Å². The van der Waals surface area contributed by atoms with Crippen LogP contribution in [0, 0.1) is 0 Å². The standard InChI is InChI=1S/C15H20N3O2P/c1-3-8-18-14-7-5-4-6-13(14)16-15(18)21(2,19)17-9-11-20-12-10-17/h3-7H,1,8-12H2,2H3. The number of para-hydroxylation sites is 2. The van der Waals surface area contributed by atoms with Crippen molar-refractivity contribution in [3.05, 3.63) is 36.9 Å². The Kier molecular flexibility index (Phi) is 3.98. The molecule has 0 aliphatic carbocycles. The van der Waals surface area contributed by atoms with Gasteiger partial charge in [-0.2, -0.15) is 0 Å². The van der Waals surface area contributed by atoms with Crippen LogP contribution < -0.4 is 5.57 Å². The van der Waals surface area contributed by atoms with E-state index in [1.54, 1.807) is 6.66 Å². The van der Waals surface area contributed by atoms with Gasteiger partial charge in [-0.15, -0.1) is 6.58 Å². The average molecular weight is 305 g/mol. The first-order valence-electron chi connectivity index (χ1n) is 7.12. The zero-order valence-electron chi connectivity index (χ0n) is 12.2. The van der Waals surface area contributed by atoms with Crippen molar-refractivity contribution in [1.82, 2.24) is 14.2 Å². The van der Waals surface area contributed by atoms with Crippen molar-refractivity contribution in [1.29, 1.82) is 0 Å². The number of morpholine rings is 1. The van der Waals surface area contributed by atoms with E-state index in [9.17, 15) is 4.57 Å². The lowest BCUT2D eigenvalue weighted by Crippen LogP contribution is -2.38. The number of imidazole rings is 1. The normalized spacial score (nSPS) is 19.5. The van der Waals surface area contributed by atoms with Crippen molar-refractivity contribution >= 4 is 23.9 Å². The Morgan fingerprint density at radius 1 is 1.38 bits per heavy atom. The van der Waals surface area contributed by atoms with Crippen molar-refractivity contribution < 1.29 is 9.30 Å². The Bertz CT molecular complexity index is 704. The monoisotopic (exact) mass is 305 g/mol. The maximum absolute atomic E-state index is 13.4. The molecule has 2 aromatic rings. The summed E-state index contributed by atoms with van der Waals surface area (Å²) in [5.74, 6) is 0. The average Bonchev–Trinajstić information content (AvgIpc) is 2.88. The molecule has 1 aliphatic heterocycles. The summed E-state index contributed by atoms with van der Waals surface area (Å²) in [5.41, 5.74) is 2.54. The summed E-state index contributed by atoms with van der Waals surface area (Å²) in [6, 6.07) is 7.89. The van der Waals surface area contributed by atoms with Crippen molar-refractivity contribution in [3.8, 4) is 0 Å². The molecule has 0 N–H and O–H groups in total. The summed E-state index contributed by atoms with van der Waals surface area (Å²) in [4.78, 5) is 4.65. The lowest BCUT2D eigenvalue weighted by atomic mass is 10.3. The maximum atomic E-state index is 13.4. The molecule has 6 heteroatoms. The van der Waals surface area contributed by atoms with Gasteiger partial charge in [0, 0.05) is 26.3 Å². The van der Waals surface area contributed by atoms with Crippen LogP contribution in [-0.4, -0.2) is 47.2 Å². The molecule has 0 radical (unpaired) electrons. The minimum atomic E-state index is -2.70. The van der Waals surface area contributed by atoms with Crippen LogP contribution in [0.25, 0.3) is 11.0 Å². The van der Waals surface area contributed by atoms with Crippen molar-refractivity contribution in [3.63, 3.8) is 0 Å². The largest absolute Gasteiger partial charge is 0.379 e. The van der Waals surface area contributed by atoms with Gasteiger partial charge >= 0.3 is 0 Å². The Morgan fingerprint density at radius 2 is 2.10 bits per heavy atom. The predicted octanol–water partition coefficient (Wildman–Crippen LogP) is 2.09. The van der Waals surface area contributed by atoms with Crippen LogP contribution in [0.4, 0.5) is 0 Å². The number of ether oxygens (including phenoxy) is 1. The molecule has 1 aliphatic rings. The van der Waals surface area contributed by atoms with Gasteiger partial charge in [-0.05, 0) is 12.1 Å². The molecule has 1 unspecified atom stereocenters. The molecular weight excluding hydrogens is 285 g/mol. The number of aromatic nitrogens is 2. The van der Waals surface area contributed by atoms with Gasteiger partial charge in [0.25, 0.3) is 0 Å². The van der Waals surface area contributed by atoms with Crippen LogP contribution in [0.1, 0.15) is 0 Å². The Labute approximate surface area is 124 Å². The summed E-state index contributed by atoms with van der Waals surface area (Å²) in [6.45, 7) is 8.84. The summed E-state index contributed by atoms with van der Waals surface area (Å²) < 4.78 is 22.8. The van der Waals surface area contributed by atoms with E-state index < -0.39 is 7.29 Å².